The lowest BCUT2D eigenvalue weighted by Crippen LogP contribution is -2.36. The van der Waals surface area contributed by atoms with Gasteiger partial charge in [-0.05, 0) is 24.8 Å². The van der Waals surface area contributed by atoms with Crippen LogP contribution in [0.25, 0.3) is 0 Å². The summed E-state index contributed by atoms with van der Waals surface area (Å²) >= 11 is 1.38. The minimum atomic E-state index is -3.36. The van der Waals surface area contributed by atoms with Gasteiger partial charge < -0.3 is 5.32 Å². The number of carbonyl (C=O) groups is 1. The van der Waals surface area contributed by atoms with Crippen LogP contribution in [0.1, 0.15) is 25.1 Å². The molecule has 0 unspecified atom stereocenters. The molecule has 17 heavy (non-hydrogen) atoms. The topological polar surface area (TPSA) is 63.2 Å². The second-order valence-electron chi connectivity index (χ2n) is 3.99. The Bertz CT molecular complexity index is 451. The van der Waals surface area contributed by atoms with Crippen molar-refractivity contribution in [3.05, 3.63) is 22.4 Å². The number of rotatable bonds is 6. The zero-order valence-corrected chi connectivity index (χ0v) is 11.6. The molecule has 0 fully saturated rings. The smallest absolute Gasteiger partial charge is 0.235 e. The van der Waals surface area contributed by atoms with E-state index in [2.05, 4.69) is 5.32 Å². The van der Waals surface area contributed by atoms with Gasteiger partial charge in [-0.2, -0.15) is 0 Å². The molecule has 1 aromatic heterocycles. The summed E-state index contributed by atoms with van der Waals surface area (Å²) in [6, 6.07) is 3.57. The molecular weight excluding hydrogens is 258 g/mol. The standard InChI is InChI=1S/C11H17NO3S2/c1-3-9(2)12-11(13)8-17(14,15)7-10-5-4-6-16-10/h4-6,9H,3,7-8H2,1-2H3,(H,12,13)/t9-/m0/s1. The molecule has 1 amide bonds. The van der Waals surface area contributed by atoms with Gasteiger partial charge in [-0.1, -0.05) is 13.0 Å². The third-order valence-corrected chi connectivity index (χ3v) is 4.83. The number of carbonyl (C=O) groups excluding carboxylic acids is 1. The number of amides is 1. The number of thiophene rings is 1. The van der Waals surface area contributed by atoms with E-state index in [0.717, 1.165) is 11.3 Å². The van der Waals surface area contributed by atoms with Crippen LogP contribution in [0.4, 0.5) is 0 Å². The molecular formula is C11H17NO3S2. The van der Waals surface area contributed by atoms with Crippen LogP contribution in [-0.4, -0.2) is 26.1 Å². The molecule has 0 radical (unpaired) electrons. The van der Waals surface area contributed by atoms with Gasteiger partial charge in [0.15, 0.2) is 9.84 Å². The average molecular weight is 275 g/mol. The van der Waals surface area contributed by atoms with Gasteiger partial charge in [0.25, 0.3) is 0 Å². The number of sulfone groups is 1. The Kier molecular flexibility index (Phi) is 5.14. The van der Waals surface area contributed by atoms with Gasteiger partial charge in [-0.3, -0.25) is 4.79 Å². The molecule has 0 bridgehead atoms. The van der Waals surface area contributed by atoms with Crippen LogP contribution in [0.5, 0.6) is 0 Å². The highest BCUT2D eigenvalue weighted by Gasteiger charge is 2.18. The summed E-state index contributed by atoms with van der Waals surface area (Å²) in [7, 11) is -3.36. The summed E-state index contributed by atoms with van der Waals surface area (Å²) in [6.07, 6.45) is 0.788. The van der Waals surface area contributed by atoms with Crippen molar-refractivity contribution in [2.24, 2.45) is 0 Å². The van der Waals surface area contributed by atoms with Gasteiger partial charge in [0.2, 0.25) is 5.91 Å². The lowest BCUT2D eigenvalue weighted by Gasteiger charge is -2.11. The van der Waals surface area contributed by atoms with Crippen molar-refractivity contribution in [1.82, 2.24) is 5.32 Å². The molecule has 1 heterocycles. The van der Waals surface area contributed by atoms with Crippen LogP contribution in [0.15, 0.2) is 17.5 Å². The first-order valence-electron chi connectivity index (χ1n) is 5.45. The summed E-state index contributed by atoms with van der Waals surface area (Å²) in [5.74, 6) is -0.913. The van der Waals surface area contributed by atoms with Crippen molar-refractivity contribution in [2.45, 2.75) is 32.1 Å². The lowest BCUT2D eigenvalue weighted by atomic mass is 10.3. The van der Waals surface area contributed by atoms with Crippen LogP contribution in [0.2, 0.25) is 0 Å². The molecule has 0 saturated heterocycles. The van der Waals surface area contributed by atoms with E-state index in [0.29, 0.717) is 0 Å². The maximum atomic E-state index is 11.7. The first-order valence-corrected chi connectivity index (χ1v) is 8.15. The largest absolute Gasteiger partial charge is 0.353 e. The minimum absolute atomic E-state index is 0.0134. The fourth-order valence-electron chi connectivity index (χ4n) is 1.28. The normalized spacial score (nSPS) is 13.3. The van der Waals surface area contributed by atoms with E-state index < -0.39 is 21.5 Å². The zero-order chi connectivity index (χ0) is 12.9. The van der Waals surface area contributed by atoms with E-state index in [9.17, 15) is 13.2 Å². The van der Waals surface area contributed by atoms with E-state index in [1.165, 1.54) is 11.3 Å². The van der Waals surface area contributed by atoms with E-state index in [4.69, 9.17) is 0 Å². The Balaban J connectivity index is 2.52. The van der Waals surface area contributed by atoms with E-state index >= 15 is 0 Å². The van der Waals surface area contributed by atoms with Crippen LogP contribution in [-0.2, 0) is 20.4 Å². The molecule has 1 rings (SSSR count). The molecule has 0 aliphatic carbocycles. The van der Waals surface area contributed by atoms with Gasteiger partial charge in [0.1, 0.15) is 5.75 Å². The summed E-state index contributed by atoms with van der Waals surface area (Å²) < 4.78 is 23.4. The van der Waals surface area contributed by atoms with Gasteiger partial charge >= 0.3 is 0 Å². The van der Waals surface area contributed by atoms with E-state index in [1.54, 1.807) is 12.1 Å². The molecule has 1 aromatic rings. The monoisotopic (exact) mass is 275 g/mol. The summed E-state index contributed by atoms with van der Waals surface area (Å²) in [5.41, 5.74) is 0. The molecule has 0 aliphatic rings. The van der Waals surface area contributed by atoms with E-state index in [-0.39, 0.29) is 11.8 Å². The van der Waals surface area contributed by atoms with Gasteiger partial charge in [-0.15, -0.1) is 11.3 Å². The van der Waals surface area contributed by atoms with Crippen molar-refractivity contribution in [3.63, 3.8) is 0 Å². The van der Waals surface area contributed by atoms with E-state index in [1.807, 2.05) is 19.2 Å². The fourth-order valence-corrected chi connectivity index (χ4v) is 3.70. The SMILES string of the molecule is CC[C@H](C)NC(=O)CS(=O)(=O)Cc1cccs1. The first-order chi connectivity index (χ1) is 7.93. The number of nitrogens with one attached hydrogen (secondary N) is 1. The third kappa shape index (κ3) is 5.32. The summed E-state index contributed by atoms with van der Waals surface area (Å²) in [6.45, 7) is 3.79. The minimum Gasteiger partial charge on any atom is -0.353 e. The molecule has 6 heteroatoms. The molecule has 1 N–H and O–H groups in total. The average Bonchev–Trinajstić information content (AvgIpc) is 2.67. The fraction of sp³-hybridized carbons (Fsp3) is 0.545. The van der Waals surface area contributed by atoms with Crippen molar-refractivity contribution in [3.8, 4) is 0 Å². The highest BCUT2D eigenvalue weighted by atomic mass is 32.2. The summed E-state index contributed by atoms with van der Waals surface area (Å²) in [4.78, 5) is 12.2. The molecule has 0 saturated carbocycles. The molecule has 4 nitrogen and oxygen atoms in total. The van der Waals surface area contributed by atoms with Crippen LogP contribution >= 0.6 is 11.3 Å². The Morgan fingerprint density at radius 3 is 2.76 bits per heavy atom. The zero-order valence-electron chi connectivity index (χ0n) is 9.97. The highest BCUT2D eigenvalue weighted by molar-refractivity contribution is 7.91. The third-order valence-electron chi connectivity index (χ3n) is 2.31. The maximum Gasteiger partial charge on any atom is 0.235 e. The molecule has 96 valence electrons. The molecule has 0 aromatic carbocycles. The number of hydrogen-bond donors (Lipinski definition) is 1. The van der Waals surface area contributed by atoms with Crippen molar-refractivity contribution < 1.29 is 13.2 Å². The van der Waals surface area contributed by atoms with Crippen molar-refractivity contribution in [1.29, 1.82) is 0 Å². The second-order valence-corrected chi connectivity index (χ2v) is 7.09. The van der Waals surface area contributed by atoms with Crippen molar-refractivity contribution in [2.75, 3.05) is 5.75 Å². The predicted molar refractivity (Wildman–Crippen MR) is 69.7 cm³/mol. The molecule has 1 atom stereocenters. The van der Waals surface area contributed by atoms with Crippen molar-refractivity contribution >= 4 is 27.1 Å². The lowest BCUT2D eigenvalue weighted by molar-refractivity contribution is -0.119. The second kappa shape index (κ2) is 6.16. The van der Waals surface area contributed by atoms with Crippen LogP contribution in [0.3, 0.4) is 0 Å². The Morgan fingerprint density at radius 1 is 1.53 bits per heavy atom. The number of hydrogen-bond acceptors (Lipinski definition) is 4. The van der Waals surface area contributed by atoms with Crippen LogP contribution in [0, 0.1) is 0 Å². The predicted octanol–water partition coefficient (Wildman–Crippen LogP) is 1.58. The Labute approximate surface area is 106 Å². The van der Waals surface area contributed by atoms with Gasteiger partial charge in [0, 0.05) is 10.9 Å². The Morgan fingerprint density at radius 2 is 2.24 bits per heavy atom. The highest BCUT2D eigenvalue weighted by Crippen LogP contribution is 2.13. The Hall–Kier alpha value is -0.880. The summed E-state index contributed by atoms with van der Waals surface area (Å²) in [5, 5.41) is 4.47. The van der Waals surface area contributed by atoms with Gasteiger partial charge in [-0.25, -0.2) is 8.42 Å². The van der Waals surface area contributed by atoms with Crippen LogP contribution < -0.4 is 5.32 Å². The molecule has 0 spiro atoms. The first kappa shape index (κ1) is 14.2. The van der Waals surface area contributed by atoms with Gasteiger partial charge in [0.05, 0.1) is 5.75 Å². The maximum absolute atomic E-state index is 11.7. The quantitative estimate of drug-likeness (QED) is 0.857. The molecule has 0 aliphatic heterocycles.